The van der Waals surface area contributed by atoms with Crippen LogP contribution in [0.3, 0.4) is 0 Å². The van der Waals surface area contributed by atoms with Gasteiger partial charge >= 0.3 is 0 Å². The van der Waals surface area contributed by atoms with Gasteiger partial charge in [0.25, 0.3) is 0 Å². The largest absolute Gasteiger partial charge is 0.497 e. The molecule has 0 aliphatic rings. The zero-order chi connectivity index (χ0) is 14.7. The smallest absolute Gasteiger partial charge is 0.173 e. The molecule has 0 amide bonds. The number of aromatic nitrogens is 2. The Hall–Kier alpha value is -3.02. The van der Waals surface area contributed by atoms with Gasteiger partial charge in [-0.25, -0.2) is 9.97 Å². The van der Waals surface area contributed by atoms with E-state index >= 15 is 0 Å². The second kappa shape index (κ2) is 5.54. The number of hydrogen-bond donors (Lipinski definition) is 2. The Kier molecular flexibility index (Phi) is 3.42. The van der Waals surface area contributed by atoms with E-state index in [9.17, 15) is 0 Å². The van der Waals surface area contributed by atoms with Gasteiger partial charge in [0.05, 0.1) is 31.5 Å². The first-order chi connectivity index (χ1) is 10.3. The number of anilines is 3. The molecule has 0 spiro atoms. The summed E-state index contributed by atoms with van der Waals surface area (Å²) in [6.07, 6.45) is 4.81. The minimum Gasteiger partial charge on any atom is -0.497 e. The summed E-state index contributed by atoms with van der Waals surface area (Å²) in [5.41, 5.74) is 8.25. The van der Waals surface area contributed by atoms with E-state index < -0.39 is 0 Å². The molecule has 21 heavy (non-hydrogen) atoms. The lowest BCUT2D eigenvalue weighted by molar-refractivity contribution is 0.415. The Morgan fingerprint density at radius 3 is 2.67 bits per heavy atom. The molecule has 0 aliphatic carbocycles. The van der Waals surface area contributed by atoms with Crippen LogP contribution < -0.4 is 15.8 Å². The first kappa shape index (κ1) is 13.0. The Morgan fingerprint density at radius 2 is 2.00 bits per heavy atom. The van der Waals surface area contributed by atoms with Crippen LogP contribution >= 0.6 is 0 Å². The zero-order valence-electron chi connectivity index (χ0n) is 11.4. The highest BCUT2D eigenvalue weighted by Crippen LogP contribution is 2.25. The molecule has 0 aliphatic heterocycles. The second-order valence-corrected chi connectivity index (χ2v) is 4.35. The number of rotatable bonds is 4. The van der Waals surface area contributed by atoms with Crippen LogP contribution in [0.4, 0.5) is 17.3 Å². The van der Waals surface area contributed by atoms with Crippen LogP contribution in [-0.4, -0.2) is 17.1 Å². The van der Waals surface area contributed by atoms with Crippen molar-refractivity contribution in [2.75, 3.05) is 18.2 Å². The van der Waals surface area contributed by atoms with Gasteiger partial charge in [-0.05, 0) is 30.3 Å². The van der Waals surface area contributed by atoms with E-state index in [0.717, 1.165) is 17.0 Å². The summed E-state index contributed by atoms with van der Waals surface area (Å²) in [4.78, 5) is 8.61. The van der Waals surface area contributed by atoms with Crippen LogP contribution in [-0.2, 0) is 0 Å². The van der Waals surface area contributed by atoms with Gasteiger partial charge in [-0.15, -0.1) is 0 Å². The third kappa shape index (κ3) is 2.79. The Morgan fingerprint density at radius 1 is 1.19 bits per heavy atom. The molecule has 6 heteroatoms. The van der Waals surface area contributed by atoms with Crippen molar-refractivity contribution in [1.82, 2.24) is 9.97 Å². The number of hydrogen-bond acceptors (Lipinski definition) is 6. The molecule has 106 valence electrons. The molecule has 6 nitrogen and oxygen atoms in total. The van der Waals surface area contributed by atoms with E-state index in [1.807, 2.05) is 30.3 Å². The van der Waals surface area contributed by atoms with Gasteiger partial charge in [0.1, 0.15) is 5.75 Å². The minimum absolute atomic E-state index is 0.332. The standard InChI is InChI=1S/C15H14N4O2/c1-20-12-4-2-11(3-5-12)18-15-14(16)17-8-13(19-15)10-6-7-21-9-10/h2-9H,1H3,(H2,16,17)(H,18,19). The van der Waals surface area contributed by atoms with E-state index in [2.05, 4.69) is 15.3 Å². The van der Waals surface area contributed by atoms with Gasteiger partial charge < -0.3 is 20.2 Å². The third-order valence-electron chi connectivity index (χ3n) is 2.97. The number of ether oxygens (including phenoxy) is 1. The number of benzene rings is 1. The fourth-order valence-corrected chi connectivity index (χ4v) is 1.85. The van der Waals surface area contributed by atoms with Gasteiger partial charge in [-0.2, -0.15) is 0 Å². The number of methoxy groups -OCH3 is 1. The number of nitrogens with two attached hydrogens (primary N) is 1. The van der Waals surface area contributed by atoms with Gasteiger partial charge in [0, 0.05) is 11.3 Å². The second-order valence-electron chi connectivity index (χ2n) is 4.35. The van der Waals surface area contributed by atoms with Crippen LogP contribution in [0, 0.1) is 0 Å². The van der Waals surface area contributed by atoms with Gasteiger partial charge in [-0.3, -0.25) is 0 Å². The van der Waals surface area contributed by atoms with Crippen LogP contribution in [0.25, 0.3) is 11.3 Å². The monoisotopic (exact) mass is 282 g/mol. The summed E-state index contributed by atoms with van der Waals surface area (Å²) in [5.74, 6) is 1.61. The molecule has 3 rings (SSSR count). The number of nitrogens with zero attached hydrogens (tertiary/aromatic N) is 2. The number of nitrogens with one attached hydrogen (secondary N) is 1. The molecule has 1 aromatic carbocycles. The van der Waals surface area contributed by atoms with Gasteiger partial charge in [0.15, 0.2) is 11.6 Å². The summed E-state index contributed by atoms with van der Waals surface area (Å²) >= 11 is 0. The van der Waals surface area contributed by atoms with Gasteiger partial charge in [0.2, 0.25) is 0 Å². The van der Waals surface area contributed by atoms with Crippen molar-refractivity contribution in [1.29, 1.82) is 0 Å². The summed E-state index contributed by atoms with van der Waals surface area (Å²) in [6.45, 7) is 0. The molecule has 2 aromatic heterocycles. The Balaban J connectivity index is 1.88. The lowest BCUT2D eigenvalue weighted by Gasteiger charge is -2.09. The van der Waals surface area contributed by atoms with E-state index in [-0.39, 0.29) is 0 Å². The molecule has 3 aromatic rings. The van der Waals surface area contributed by atoms with Crippen LogP contribution in [0.5, 0.6) is 5.75 Å². The third-order valence-corrected chi connectivity index (χ3v) is 2.97. The van der Waals surface area contributed by atoms with Crippen molar-refractivity contribution in [2.24, 2.45) is 0 Å². The molecule has 3 N–H and O–H groups in total. The first-order valence-corrected chi connectivity index (χ1v) is 6.32. The highest BCUT2D eigenvalue weighted by Gasteiger charge is 2.08. The SMILES string of the molecule is COc1ccc(Nc2nc(-c3ccoc3)cnc2N)cc1. The topological polar surface area (TPSA) is 86.2 Å². The lowest BCUT2D eigenvalue weighted by atomic mass is 10.2. The van der Waals surface area contributed by atoms with Crippen molar-refractivity contribution in [2.45, 2.75) is 0 Å². The average Bonchev–Trinajstić information content (AvgIpc) is 3.04. The van der Waals surface area contributed by atoms with E-state index in [0.29, 0.717) is 17.3 Å². The summed E-state index contributed by atoms with van der Waals surface area (Å²) < 4.78 is 10.2. The summed E-state index contributed by atoms with van der Waals surface area (Å²) in [7, 11) is 1.63. The highest BCUT2D eigenvalue weighted by atomic mass is 16.5. The first-order valence-electron chi connectivity index (χ1n) is 6.32. The van der Waals surface area contributed by atoms with Crippen molar-refractivity contribution in [3.63, 3.8) is 0 Å². The highest BCUT2D eigenvalue weighted by molar-refractivity contribution is 5.69. The van der Waals surface area contributed by atoms with Crippen LogP contribution in [0.1, 0.15) is 0 Å². The van der Waals surface area contributed by atoms with Gasteiger partial charge in [-0.1, -0.05) is 0 Å². The molecule has 2 heterocycles. The number of nitrogen functional groups attached to an aromatic ring is 1. The molecule has 0 unspecified atom stereocenters. The van der Waals surface area contributed by atoms with Crippen LogP contribution in [0.2, 0.25) is 0 Å². The molecule has 0 atom stereocenters. The maximum atomic E-state index is 5.86. The molecule has 0 bridgehead atoms. The molecule has 0 saturated carbocycles. The fraction of sp³-hybridized carbons (Fsp3) is 0.0667. The average molecular weight is 282 g/mol. The predicted octanol–water partition coefficient (Wildman–Crippen LogP) is 3.07. The minimum atomic E-state index is 0.332. The molecule has 0 radical (unpaired) electrons. The maximum absolute atomic E-state index is 5.86. The van der Waals surface area contributed by atoms with Crippen molar-refractivity contribution >= 4 is 17.3 Å². The van der Waals surface area contributed by atoms with Crippen molar-refractivity contribution < 1.29 is 9.15 Å². The van der Waals surface area contributed by atoms with E-state index in [1.165, 1.54) is 0 Å². The van der Waals surface area contributed by atoms with Crippen molar-refractivity contribution in [3.8, 4) is 17.0 Å². The fourth-order valence-electron chi connectivity index (χ4n) is 1.85. The van der Waals surface area contributed by atoms with Crippen molar-refractivity contribution in [3.05, 3.63) is 49.1 Å². The maximum Gasteiger partial charge on any atom is 0.173 e. The normalized spacial score (nSPS) is 10.3. The molecular weight excluding hydrogens is 268 g/mol. The predicted molar refractivity (Wildman–Crippen MR) is 80.4 cm³/mol. The quantitative estimate of drug-likeness (QED) is 0.764. The van der Waals surface area contributed by atoms with Crippen LogP contribution in [0.15, 0.2) is 53.5 Å². The lowest BCUT2D eigenvalue weighted by Crippen LogP contribution is -2.02. The number of furan rings is 1. The van der Waals surface area contributed by atoms with E-state index in [4.69, 9.17) is 14.9 Å². The Labute approximate surface area is 121 Å². The Bertz CT molecular complexity index is 724. The molecule has 0 fully saturated rings. The zero-order valence-corrected chi connectivity index (χ0v) is 11.4. The summed E-state index contributed by atoms with van der Waals surface area (Å²) in [6, 6.07) is 9.28. The summed E-state index contributed by atoms with van der Waals surface area (Å²) in [5, 5.41) is 3.14. The molecule has 0 saturated heterocycles. The van der Waals surface area contributed by atoms with E-state index in [1.54, 1.807) is 25.8 Å². The molecular formula is C15H14N4O2.